The fraction of sp³-hybridized carbons (Fsp3) is 0.333. The van der Waals surface area contributed by atoms with Crippen molar-refractivity contribution in [2.24, 2.45) is 0 Å². The van der Waals surface area contributed by atoms with Gasteiger partial charge in [0, 0.05) is 0 Å². The molecular formula is C18H22I-. The first kappa shape index (κ1) is 14.6. The fourth-order valence-electron chi connectivity index (χ4n) is 1.95. The van der Waals surface area contributed by atoms with Crippen LogP contribution in [0.3, 0.4) is 0 Å². The molecule has 102 valence electrons. The van der Waals surface area contributed by atoms with Crippen LogP contribution in [0.1, 0.15) is 50.7 Å². The van der Waals surface area contributed by atoms with Crippen molar-refractivity contribution in [3.8, 4) is 0 Å². The molecule has 0 bridgehead atoms. The van der Waals surface area contributed by atoms with Crippen LogP contribution >= 0.6 is 0 Å². The van der Waals surface area contributed by atoms with E-state index in [2.05, 4.69) is 76.2 Å². The van der Waals surface area contributed by atoms with Crippen molar-refractivity contribution in [2.75, 3.05) is 0 Å². The predicted molar refractivity (Wildman–Crippen MR) is 78.5 cm³/mol. The van der Waals surface area contributed by atoms with Crippen molar-refractivity contribution in [1.82, 2.24) is 0 Å². The number of hydrogen-bond donors (Lipinski definition) is 0. The van der Waals surface area contributed by atoms with Crippen LogP contribution in [0, 0.1) is 7.14 Å². The molecular weight excluding hydrogens is 343 g/mol. The van der Waals surface area contributed by atoms with Crippen molar-refractivity contribution in [3.63, 3.8) is 0 Å². The van der Waals surface area contributed by atoms with Crippen molar-refractivity contribution in [1.29, 1.82) is 0 Å². The van der Waals surface area contributed by atoms with Gasteiger partial charge in [0.05, 0.1) is 0 Å². The Bertz CT molecular complexity index is 457. The first-order valence-corrected chi connectivity index (χ1v) is 9.06. The molecule has 0 heterocycles. The van der Waals surface area contributed by atoms with Crippen molar-refractivity contribution in [3.05, 3.63) is 66.8 Å². The average Bonchev–Trinajstić information content (AvgIpc) is 2.40. The molecule has 0 unspecified atom stereocenters. The van der Waals surface area contributed by atoms with Gasteiger partial charge in [-0.05, 0) is 0 Å². The summed E-state index contributed by atoms with van der Waals surface area (Å²) >= 11 is -0.0366. The van der Waals surface area contributed by atoms with E-state index in [0.717, 1.165) is 0 Å². The van der Waals surface area contributed by atoms with Gasteiger partial charge in [0.25, 0.3) is 0 Å². The van der Waals surface area contributed by atoms with Gasteiger partial charge in [-0.25, -0.2) is 0 Å². The summed E-state index contributed by atoms with van der Waals surface area (Å²) < 4.78 is 3.00. The monoisotopic (exact) mass is 365 g/mol. The molecule has 2 aromatic rings. The maximum absolute atomic E-state index is 2.30. The molecule has 2 aromatic carbocycles. The normalized spacial score (nSPS) is 11.5. The summed E-state index contributed by atoms with van der Waals surface area (Å²) in [4.78, 5) is 0. The summed E-state index contributed by atoms with van der Waals surface area (Å²) in [5.41, 5.74) is 2.87. The van der Waals surface area contributed by atoms with Crippen molar-refractivity contribution >= 4 is 0 Å². The molecule has 0 spiro atoms. The van der Waals surface area contributed by atoms with Crippen LogP contribution in [0.25, 0.3) is 0 Å². The summed E-state index contributed by atoms with van der Waals surface area (Å²) in [6, 6.07) is 18.3. The van der Waals surface area contributed by atoms with Crippen LogP contribution in [0.5, 0.6) is 0 Å². The first-order chi connectivity index (χ1) is 9.06. The average molecular weight is 365 g/mol. The molecule has 0 aromatic heterocycles. The van der Waals surface area contributed by atoms with E-state index in [-0.39, 0.29) is 21.2 Å². The Balaban J connectivity index is 2.08. The predicted octanol–water partition coefficient (Wildman–Crippen LogP) is 2.06. The zero-order chi connectivity index (χ0) is 13.8. The third-order valence-corrected chi connectivity index (χ3v) is 5.98. The number of halogens is 1. The molecule has 0 aliphatic heterocycles. The van der Waals surface area contributed by atoms with Gasteiger partial charge < -0.3 is 0 Å². The number of hydrogen-bond acceptors (Lipinski definition) is 0. The van der Waals surface area contributed by atoms with E-state index in [0.29, 0.717) is 11.8 Å². The Morgan fingerprint density at radius 3 is 1.16 bits per heavy atom. The van der Waals surface area contributed by atoms with Crippen LogP contribution in [-0.4, -0.2) is 0 Å². The molecule has 0 saturated heterocycles. The van der Waals surface area contributed by atoms with E-state index in [1.807, 2.05) is 0 Å². The molecule has 0 aliphatic carbocycles. The SMILES string of the molecule is CC(C)c1ccc([I-]c2ccc(C(C)C)cc2)cc1. The Labute approximate surface area is 127 Å². The second-order valence-corrected chi connectivity index (χ2v) is 8.54. The number of benzene rings is 2. The molecule has 0 atom stereocenters. The Kier molecular flexibility index (Phi) is 5.03. The molecule has 0 fully saturated rings. The van der Waals surface area contributed by atoms with E-state index in [1.165, 1.54) is 18.3 Å². The second-order valence-electron chi connectivity index (χ2n) is 5.51. The summed E-state index contributed by atoms with van der Waals surface area (Å²) in [6.45, 7) is 8.98. The van der Waals surface area contributed by atoms with Gasteiger partial charge in [-0.2, -0.15) is 0 Å². The molecule has 0 saturated carbocycles. The van der Waals surface area contributed by atoms with Crippen LogP contribution in [0.2, 0.25) is 0 Å². The minimum atomic E-state index is -0.0366. The van der Waals surface area contributed by atoms with Gasteiger partial charge in [0.15, 0.2) is 0 Å². The Morgan fingerprint density at radius 2 is 0.895 bits per heavy atom. The van der Waals surface area contributed by atoms with E-state index in [1.54, 1.807) is 0 Å². The van der Waals surface area contributed by atoms with Crippen LogP contribution in [-0.2, 0) is 0 Å². The third-order valence-electron chi connectivity index (χ3n) is 3.29. The fourth-order valence-corrected chi connectivity index (χ4v) is 4.10. The van der Waals surface area contributed by atoms with Crippen LogP contribution in [0.15, 0.2) is 48.5 Å². The standard InChI is InChI=1S/C18H22I/c1-13(2)15-5-9-17(10-6-15)19-18-11-7-16(8-12-18)14(3)4/h5-14H,1-4H3/q-1. The quantitative estimate of drug-likeness (QED) is 0.728. The first-order valence-electron chi connectivity index (χ1n) is 6.91. The second kappa shape index (κ2) is 6.56. The summed E-state index contributed by atoms with van der Waals surface area (Å²) in [7, 11) is 0. The van der Waals surface area contributed by atoms with E-state index in [4.69, 9.17) is 0 Å². The van der Waals surface area contributed by atoms with Gasteiger partial charge in [-0.15, -0.1) is 0 Å². The zero-order valence-corrected chi connectivity index (χ0v) is 14.3. The Morgan fingerprint density at radius 1 is 0.579 bits per heavy atom. The molecule has 0 radical (unpaired) electrons. The number of rotatable bonds is 4. The summed E-state index contributed by atoms with van der Waals surface area (Å²) in [5.74, 6) is 1.25. The Hall–Kier alpha value is -0.830. The third kappa shape index (κ3) is 4.07. The van der Waals surface area contributed by atoms with Gasteiger partial charge in [-0.1, -0.05) is 0 Å². The van der Waals surface area contributed by atoms with Crippen LogP contribution in [0.4, 0.5) is 0 Å². The van der Waals surface area contributed by atoms with E-state index < -0.39 is 0 Å². The molecule has 1 heteroatoms. The zero-order valence-electron chi connectivity index (χ0n) is 12.2. The summed E-state index contributed by atoms with van der Waals surface area (Å²) in [6.07, 6.45) is 0. The maximum atomic E-state index is 2.30. The molecule has 0 N–H and O–H groups in total. The molecule has 0 nitrogen and oxygen atoms in total. The van der Waals surface area contributed by atoms with Gasteiger partial charge in [-0.3, -0.25) is 0 Å². The minimum absolute atomic E-state index is 0.0366. The summed E-state index contributed by atoms with van der Waals surface area (Å²) in [5, 5.41) is 0. The van der Waals surface area contributed by atoms with E-state index >= 15 is 0 Å². The van der Waals surface area contributed by atoms with Crippen molar-refractivity contribution in [2.45, 2.75) is 39.5 Å². The van der Waals surface area contributed by atoms with Crippen LogP contribution < -0.4 is 21.2 Å². The topological polar surface area (TPSA) is 0 Å². The van der Waals surface area contributed by atoms with Gasteiger partial charge in [0.1, 0.15) is 0 Å². The van der Waals surface area contributed by atoms with Crippen molar-refractivity contribution < 1.29 is 21.2 Å². The van der Waals surface area contributed by atoms with Gasteiger partial charge >= 0.3 is 128 Å². The molecule has 0 amide bonds. The molecule has 0 aliphatic rings. The molecule has 2 rings (SSSR count). The van der Waals surface area contributed by atoms with E-state index in [9.17, 15) is 0 Å². The van der Waals surface area contributed by atoms with Gasteiger partial charge in [0.2, 0.25) is 0 Å². The molecule has 19 heavy (non-hydrogen) atoms.